The average Bonchev–Trinajstić information content (AvgIpc) is 2.54. The van der Waals surface area contributed by atoms with Crippen molar-refractivity contribution in [3.63, 3.8) is 0 Å². The zero-order valence-corrected chi connectivity index (χ0v) is 12.8. The number of aliphatic carboxylic acids is 1. The predicted octanol–water partition coefficient (Wildman–Crippen LogP) is 2.18. The topological polar surface area (TPSA) is 75.6 Å². The summed E-state index contributed by atoms with van der Waals surface area (Å²) in [6, 6.07) is 8.88. The van der Waals surface area contributed by atoms with Gasteiger partial charge in [-0.25, -0.2) is 4.79 Å². The van der Waals surface area contributed by atoms with E-state index in [1.807, 2.05) is 37.3 Å². The van der Waals surface area contributed by atoms with E-state index in [9.17, 15) is 14.7 Å². The summed E-state index contributed by atoms with van der Waals surface area (Å²) in [4.78, 5) is 23.6. The molecule has 1 fully saturated rings. The highest BCUT2D eigenvalue weighted by molar-refractivity contribution is 5.84. The second kappa shape index (κ2) is 7.94. The molecule has 0 aromatic heterocycles. The van der Waals surface area contributed by atoms with Crippen LogP contribution in [0.3, 0.4) is 0 Å². The van der Waals surface area contributed by atoms with Crippen molar-refractivity contribution in [1.29, 1.82) is 0 Å². The number of hydrogen-bond donors (Lipinski definition) is 2. The highest BCUT2D eigenvalue weighted by Gasteiger charge is 2.31. The zero-order valence-electron chi connectivity index (χ0n) is 12.8. The lowest BCUT2D eigenvalue weighted by atomic mass is 9.92. The van der Waals surface area contributed by atoms with Gasteiger partial charge in [0.2, 0.25) is 5.91 Å². The Hall–Kier alpha value is -1.88. The number of carbonyl (C=O) groups excluding carboxylic acids is 1. The summed E-state index contributed by atoms with van der Waals surface area (Å²) in [5.74, 6) is -1.31. The molecule has 120 valence electrons. The molecule has 0 spiro atoms. The number of amides is 1. The second-order valence-corrected chi connectivity index (χ2v) is 5.88. The lowest BCUT2D eigenvalue weighted by Gasteiger charge is -2.28. The Morgan fingerprint density at radius 2 is 2.09 bits per heavy atom. The van der Waals surface area contributed by atoms with Crippen molar-refractivity contribution in [2.75, 3.05) is 13.2 Å². The number of carbonyl (C=O) groups is 2. The molecule has 0 radical (unpaired) electrons. The van der Waals surface area contributed by atoms with Gasteiger partial charge in [-0.05, 0) is 24.3 Å². The summed E-state index contributed by atoms with van der Waals surface area (Å²) in [5.41, 5.74) is 1.07. The minimum atomic E-state index is -0.990. The molecule has 0 bridgehead atoms. The Kier molecular flexibility index (Phi) is 5.95. The fourth-order valence-electron chi connectivity index (χ4n) is 2.82. The first-order valence-electron chi connectivity index (χ1n) is 7.72. The normalized spacial score (nSPS) is 20.9. The van der Waals surface area contributed by atoms with Crippen LogP contribution in [0.4, 0.5) is 0 Å². The molecule has 3 atom stereocenters. The largest absolute Gasteiger partial charge is 0.480 e. The highest BCUT2D eigenvalue weighted by Crippen LogP contribution is 2.20. The molecule has 2 rings (SSSR count). The Labute approximate surface area is 130 Å². The molecule has 1 aromatic carbocycles. The summed E-state index contributed by atoms with van der Waals surface area (Å²) in [6.07, 6.45) is 1.89. The molecule has 3 unspecified atom stereocenters. The van der Waals surface area contributed by atoms with Gasteiger partial charge in [0.25, 0.3) is 0 Å². The van der Waals surface area contributed by atoms with Gasteiger partial charge in [0.1, 0.15) is 6.04 Å². The Bertz CT molecular complexity index is 497. The van der Waals surface area contributed by atoms with Gasteiger partial charge in [-0.2, -0.15) is 0 Å². The van der Waals surface area contributed by atoms with Crippen LogP contribution in [0.2, 0.25) is 0 Å². The number of ether oxygens (including phenoxy) is 1. The molecule has 1 aliphatic heterocycles. The third kappa shape index (κ3) is 4.56. The zero-order chi connectivity index (χ0) is 15.9. The quantitative estimate of drug-likeness (QED) is 0.844. The van der Waals surface area contributed by atoms with Crippen LogP contribution in [0, 0.1) is 5.92 Å². The first-order valence-corrected chi connectivity index (χ1v) is 7.72. The molecule has 5 nitrogen and oxygen atoms in total. The van der Waals surface area contributed by atoms with Crippen molar-refractivity contribution >= 4 is 11.9 Å². The van der Waals surface area contributed by atoms with Crippen molar-refractivity contribution < 1.29 is 19.4 Å². The number of carboxylic acids is 1. The van der Waals surface area contributed by atoms with E-state index in [-0.39, 0.29) is 24.2 Å². The van der Waals surface area contributed by atoms with E-state index in [1.54, 1.807) is 0 Å². The number of benzene rings is 1. The summed E-state index contributed by atoms with van der Waals surface area (Å²) in [6.45, 7) is 3.03. The van der Waals surface area contributed by atoms with Crippen molar-refractivity contribution in [3.8, 4) is 0 Å². The molecule has 0 aliphatic carbocycles. The van der Waals surface area contributed by atoms with Crippen LogP contribution in [0.25, 0.3) is 0 Å². The lowest BCUT2D eigenvalue weighted by molar-refractivity contribution is -0.145. The van der Waals surface area contributed by atoms with Gasteiger partial charge in [0.15, 0.2) is 0 Å². The fourth-order valence-corrected chi connectivity index (χ4v) is 2.82. The SMILES string of the molecule is CC(CC(=O)NC(C(=O)O)C1CCCOC1)c1ccccc1. The standard InChI is InChI=1S/C17H23NO4/c1-12(13-6-3-2-4-7-13)10-15(19)18-16(17(20)21)14-8-5-9-22-11-14/h2-4,6-7,12,14,16H,5,8-11H2,1H3,(H,18,19)(H,20,21). The van der Waals surface area contributed by atoms with Gasteiger partial charge in [-0.1, -0.05) is 37.3 Å². The molecule has 1 aromatic rings. The predicted molar refractivity (Wildman–Crippen MR) is 82.6 cm³/mol. The maximum atomic E-state index is 12.2. The fraction of sp³-hybridized carbons (Fsp3) is 0.529. The van der Waals surface area contributed by atoms with Crippen LogP contribution in [0.5, 0.6) is 0 Å². The first kappa shape index (κ1) is 16.5. The minimum absolute atomic E-state index is 0.0539. The first-order chi connectivity index (χ1) is 10.6. The smallest absolute Gasteiger partial charge is 0.326 e. The van der Waals surface area contributed by atoms with Gasteiger partial charge in [-0.15, -0.1) is 0 Å². The third-order valence-electron chi connectivity index (χ3n) is 4.11. The lowest BCUT2D eigenvalue weighted by Crippen LogP contribution is -2.48. The molecule has 1 amide bonds. The van der Waals surface area contributed by atoms with Crippen LogP contribution in [-0.2, 0) is 14.3 Å². The van der Waals surface area contributed by atoms with Crippen molar-refractivity contribution in [3.05, 3.63) is 35.9 Å². The molecule has 22 heavy (non-hydrogen) atoms. The molecule has 2 N–H and O–H groups in total. The van der Waals surface area contributed by atoms with Crippen LogP contribution in [0.1, 0.15) is 37.7 Å². The van der Waals surface area contributed by atoms with Gasteiger partial charge in [0, 0.05) is 18.9 Å². The molecule has 1 heterocycles. The van der Waals surface area contributed by atoms with E-state index in [1.165, 1.54) is 0 Å². The van der Waals surface area contributed by atoms with Crippen LogP contribution in [-0.4, -0.2) is 36.2 Å². The molecule has 5 heteroatoms. The molecular weight excluding hydrogens is 282 g/mol. The van der Waals surface area contributed by atoms with Gasteiger partial charge < -0.3 is 15.2 Å². The van der Waals surface area contributed by atoms with E-state index in [2.05, 4.69) is 5.32 Å². The second-order valence-electron chi connectivity index (χ2n) is 5.88. The maximum absolute atomic E-state index is 12.2. The van der Waals surface area contributed by atoms with E-state index in [0.717, 1.165) is 18.4 Å². The Balaban J connectivity index is 1.92. The molecule has 1 saturated heterocycles. The van der Waals surface area contributed by atoms with E-state index in [0.29, 0.717) is 13.2 Å². The average molecular weight is 305 g/mol. The van der Waals surface area contributed by atoms with E-state index >= 15 is 0 Å². The van der Waals surface area contributed by atoms with E-state index in [4.69, 9.17) is 4.74 Å². The van der Waals surface area contributed by atoms with E-state index < -0.39 is 12.0 Å². The van der Waals surface area contributed by atoms with Gasteiger partial charge in [0.05, 0.1) is 6.61 Å². The number of hydrogen-bond acceptors (Lipinski definition) is 3. The molecular formula is C17H23NO4. The Morgan fingerprint density at radius 3 is 2.68 bits per heavy atom. The van der Waals surface area contributed by atoms with Crippen molar-refractivity contribution in [2.45, 2.75) is 38.1 Å². The minimum Gasteiger partial charge on any atom is -0.480 e. The number of rotatable bonds is 6. The summed E-state index contributed by atoms with van der Waals surface area (Å²) < 4.78 is 5.33. The van der Waals surface area contributed by atoms with Gasteiger partial charge >= 0.3 is 5.97 Å². The Morgan fingerprint density at radius 1 is 1.36 bits per heavy atom. The monoisotopic (exact) mass is 305 g/mol. The van der Waals surface area contributed by atoms with Crippen molar-refractivity contribution in [2.24, 2.45) is 5.92 Å². The summed E-state index contributed by atoms with van der Waals surface area (Å²) >= 11 is 0. The summed E-state index contributed by atoms with van der Waals surface area (Å²) in [7, 11) is 0. The highest BCUT2D eigenvalue weighted by atomic mass is 16.5. The summed E-state index contributed by atoms with van der Waals surface area (Å²) in [5, 5.41) is 12.0. The van der Waals surface area contributed by atoms with Gasteiger partial charge in [-0.3, -0.25) is 4.79 Å². The van der Waals surface area contributed by atoms with Crippen molar-refractivity contribution in [1.82, 2.24) is 5.32 Å². The molecule has 1 aliphatic rings. The van der Waals surface area contributed by atoms with Crippen LogP contribution < -0.4 is 5.32 Å². The maximum Gasteiger partial charge on any atom is 0.326 e. The molecule has 0 saturated carbocycles. The number of carboxylic acid groups (broad SMARTS) is 1. The number of nitrogens with one attached hydrogen (secondary N) is 1. The van der Waals surface area contributed by atoms with Crippen LogP contribution in [0.15, 0.2) is 30.3 Å². The third-order valence-corrected chi connectivity index (χ3v) is 4.11. The van der Waals surface area contributed by atoms with Crippen LogP contribution >= 0.6 is 0 Å².